The van der Waals surface area contributed by atoms with E-state index >= 15 is 0 Å². The van der Waals surface area contributed by atoms with E-state index in [1.807, 2.05) is 50.2 Å². The number of rotatable bonds is 7. The van der Waals surface area contributed by atoms with E-state index in [4.69, 9.17) is 9.47 Å². The van der Waals surface area contributed by atoms with Crippen molar-refractivity contribution in [2.45, 2.75) is 32.6 Å². The van der Waals surface area contributed by atoms with Gasteiger partial charge in [0, 0.05) is 16.6 Å². The molecule has 0 aliphatic heterocycles. The molecular formula is C22H25NO3. The Labute approximate surface area is 154 Å². The third kappa shape index (κ3) is 3.90. The van der Waals surface area contributed by atoms with Crippen molar-refractivity contribution in [3.05, 3.63) is 65.4 Å². The first kappa shape index (κ1) is 18.1. The van der Waals surface area contributed by atoms with Crippen molar-refractivity contribution in [3.8, 4) is 5.75 Å². The Balaban J connectivity index is 1.64. The molecule has 4 nitrogen and oxygen atoms in total. The summed E-state index contributed by atoms with van der Waals surface area (Å²) in [5, 5.41) is 1.01. The lowest BCUT2D eigenvalue weighted by Crippen LogP contribution is -2.15. The van der Waals surface area contributed by atoms with E-state index in [1.54, 1.807) is 7.11 Å². The molecule has 0 saturated carbocycles. The minimum Gasteiger partial charge on any atom is -0.497 e. The number of aromatic amines is 1. The molecule has 0 aliphatic rings. The summed E-state index contributed by atoms with van der Waals surface area (Å²) in [4.78, 5) is 15.9. The second-order valence-corrected chi connectivity index (χ2v) is 6.55. The van der Waals surface area contributed by atoms with Crippen LogP contribution in [0.3, 0.4) is 0 Å². The van der Waals surface area contributed by atoms with Crippen molar-refractivity contribution in [1.29, 1.82) is 0 Å². The molecule has 0 saturated heterocycles. The van der Waals surface area contributed by atoms with Gasteiger partial charge in [0.05, 0.1) is 19.6 Å². The number of hydrogen-bond acceptors (Lipinski definition) is 3. The van der Waals surface area contributed by atoms with Crippen molar-refractivity contribution in [1.82, 2.24) is 4.98 Å². The Kier molecular flexibility index (Phi) is 5.61. The molecule has 0 fully saturated rings. The van der Waals surface area contributed by atoms with Gasteiger partial charge in [-0.25, -0.2) is 0 Å². The predicted octanol–water partition coefficient (Wildman–Crippen LogP) is 4.76. The zero-order valence-corrected chi connectivity index (χ0v) is 15.5. The fraction of sp³-hybridized carbons (Fsp3) is 0.318. The van der Waals surface area contributed by atoms with Crippen LogP contribution in [-0.4, -0.2) is 24.7 Å². The van der Waals surface area contributed by atoms with Gasteiger partial charge in [0.25, 0.3) is 0 Å². The first-order valence-corrected chi connectivity index (χ1v) is 8.97. The summed E-state index contributed by atoms with van der Waals surface area (Å²) in [6.07, 6.45) is 1.73. The van der Waals surface area contributed by atoms with E-state index in [1.165, 1.54) is 5.56 Å². The fourth-order valence-corrected chi connectivity index (χ4v) is 3.35. The van der Waals surface area contributed by atoms with E-state index < -0.39 is 0 Å². The normalized spacial score (nSPS) is 12.1. The number of carbonyl (C=O) groups is 1. The molecule has 2 aromatic carbocycles. The zero-order chi connectivity index (χ0) is 18.5. The van der Waals surface area contributed by atoms with Crippen LogP contribution < -0.4 is 4.74 Å². The van der Waals surface area contributed by atoms with E-state index in [9.17, 15) is 4.79 Å². The highest BCUT2D eigenvalue weighted by molar-refractivity contribution is 5.91. The summed E-state index contributed by atoms with van der Waals surface area (Å²) in [5.41, 5.74) is 4.23. The Morgan fingerprint density at radius 3 is 2.65 bits per heavy atom. The zero-order valence-electron chi connectivity index (χ0n) is 15.5. The molecule has 0 radical (unpaired) electrons. The monoisotopic (exact) mass is 351 g/mol. The molecule has 26 heavy (non-hydrogen) atoms. The van der Waals surface area contributed by atoms with Gasteiger partial charge in [0.2, 0.25) is 0 Å². The molecule has 0 amide bonds. The van der Waals surface area contributed by atoms with E-state index in [0.717, 1.165) is 40.8 Å². The SMILES string of the molecule is COc1ccc2[nH]c(C)c(C(C)C(=O)OCCCc3ccccc3)c2c1. The molecule has 1 unspecified atom stereocenters. The average Bonchev–Trinajstić information content (AvgIpc) is 3.00. The standard InChI is InChI=1S/C22H25NO3/c1-15(22(24)26-13-7-10-17-8-5-4-6-9-17)21-16(2)23-20-12-11-18(25-3)14-19(20)21/h4-6,8-9,11-12,14-15,23H,7,10,13H2,1-3H3. The fourth-order valence-electron chi connectivity index (χ4n) is 3.35. The maximum atomic E-state index is 12.5. The van der Waals surface area contributed by atoms with E-state index in [0.29, 0.717) is 6.61 Å². The van der Waals surface area contributed by atoms with Gasteiger partial charge in [-0.15, -0.1) is 0 Å². The Morgan fingerprint density at radius 2 is 1.92 bits per heavy atom. The molecule has 3 rings (SSSR count). The molecule has 1 aromatic heterocycles. The van der Waals surface area contributed by atoms with Crippen molar-refractivity contribution in [2.24, 2.45) is 0 Å². The van der Waals surface area contributed by atoms with Gasteiger partial charge in [-0.1, -0.05) is 30.3 Å². The quantitative estimate of drug-likeness (QED) is 0.493. The van der Waals surface area contributed by atoms with Crippen molar-refractivity contribution in [3.63, 3.8) is 0 Å². The highest BCUT2D eigenvalue weighted by Gasteiger charge is 2.23. The van der Waals surface area contributed by atoms with Gasteiger partial charge >= 0.3 is 5.97 Å². The number of benzene rings is 2. The lowest BCUT2D eigenvalue weighted by molar-refractivity contribution is -0.145. The number of carbonyl (C=O) groups excluding carboxylic acids is 1. The van der Waals surface area contributed by atoms with Gasteiger partial charge in [-0.05, 0) is 56.0 Å². The summed E-state index contributed by atoms with van der Waals surface area (Å²) >= 11 is 0. The maximum absolute atomic E-state index is 12.5. The number of fused-ring (bicyclic) bond motifs is 1. The number of methoxy groups -OCH3 is 1. The molecule has 1 atom stereocenters. The third-order valence-corrected chi connectivity index (χ3v) is 4.73. The minimum absolute atomic E-state index is 0.190. The smallest absolute Gasteiger partial charge is 0.313 e. The summed E-state index contributed by atoms with van der Waals surface area (Å²) < 4.78 is 10.8. The number of nitrogens with one attached hydrogen (secondary N) is 1. The highest BCUT2D eigenvalue weighted by atomic mass is 16.5. The Hall–Kier alpha value is -2.75. The van der Waals surface area contributed by atoms with Gasteiger partial charge in [0.1, 0.15) is 5.75 Å². The summed E-state index contributed by atoms with van der Waals surface area (Å²) in [7, 11) is 1.64. The van der Waals surface area contributed by atoms with Gasteiger partial charge < -0.3 is 14.5 Å². The number of hydrogen-bond donors (Lipinski definition) is 1. The van der Waals surface area contributed by atoms with Gasteiger partial charge in [-0.2, -0.15) is 0 Å². The second kappa shape index (κ2) is 8.09. The van der Waals surface area contributed by atoms with Crippen LogP contribution in [0.2, 0.25) is 0 Å². The molecular weight excluding hydrogens is 326 g/mol. The average molecular weight is 351 g/mol. The van der Waals surface area contributed by atoms with E-state index in [-0.39, 0.29) is 11.9 Å². The van der Waals surface area contributed by atoms with Gasteiger partial charge in [0.15, 0.2) is 0 Å². The molecule has 136 valence electrons. The number of ether oxygens (including phenoxy) is 2. The lowest BCUT2D eigenvalue weighted by Gasteiger charge is -2.13. The molecule has 3 aromatic rings. The Morgan fingerprint density at radius 1 is 1.15 bits per heavy atom. The van der Waals surface area contributed by atoms with Gasteiger partial charge in [-0.3, -0.25) is 4.79 Å². The second-order valence-electron chi connectivity index (χ2n) is 6.55. The van der Waals surface area contributed by atoms with Crippen molar-refractivity contribution < 1.29 is 14.3 Å². The maximum Gasteiger partial charge on any atom is 0.313 e. The van der Waals surface area contributed by atoms with Crippen molar-refractivity contribution >= 4 is 16.9 Å². The van der Waals surface area contributed by atoms with Crippen LogP contribution in [0.1, 0.15) is 36.1 Å². The topological polar surface area (TPSA) is 51.3 Å². The predicted molar refractivity (Wildman–Crippen MR) is 104 cm³/mol. The molecule has 1 N–H and O–H groups in total. The highest BCUT2D eigenvalue weighted by Crippen LogP contribution is 2.32. The number of aromatic nitrogens is 1. The molecule has 0 bridgehead atoms. The van der Waals surface area contributed by atoms with Crippen LogP contribution in [0.4, 0.5) is 0 Å². The molecule has 0 aliphatic carbocycles. The third-order valence-electron chi connectivity index (χ3n) is 4.73. The van der Waals surface area contributed by atoms with Crippen LogP contribution >= 0.6 is 0 Å². The van der Waals surface area contributed by atoms with E-state index in [2.05, 4.69) is 17.1 Å². The summed E-state index contributed by atoms with van der Waals surface area (Å²) in [6, 6.07) is 16.1. The molecule has 0 spiro atoms. The minimum atomic E-state index is -0.326. The van der Waals surface area contributed by atoms with Crippen LogP contribution in [0.5, 0.6) is 5.75 Å². The first-order chi connectivity index (χ1) is 12.6. The summed E-state index contributed by atoms with van der Waals surface area (Å²) in [5.74, 6) is 0.263. The molecule has 4 heteroatoms. The van der Waals surface area contributed by atoms with Crippen LogP contribution in [0.25, 0.3) is 10.9 Å². The van der Waals surface area contributed by atoms with Crippen LogP contribution in [0, 0.1) is 6.92 Å². The Bertz CT molecular complexity index is 883. The van der Waals surface area contributed by atoms with Crippen molar-refractivity contribution in [2.75, 3.05) is 13.7 Å². The van der Waals surface area contributed by atoms with Crippen LogP contribution in [0.15, 0.2) is 48.5 Å². The molecule has 1 heterocycles. The summed E-state index contributed by atoms with van der Waals surface area (Å²) in [6.45, 7) is 4.32. The number of H-pyrrole nitrogens is 1. The lowest BCUT2D eigenvalue weighted by atomic mass is 9.98. The first-order valence-electron chi connectivity index (χ1n) is 8.97. The largest absolute Gasteiger partial charge is 0.497 e. The number of esters is 1. The van der Waals surface area contributed by atoms with Crippen LogP contribution in [-0.2, 0) is 16.0 Å². The number of aryl methyl sites for hydroxylation is 2.